The Hall–Kier alpha value is -3.96. The van der Waals surface area contributed by atoms with Crippen molar-refractivity contribution in [2.45, 2.75) is 19.1 Å². The van der Waals surface area contributed by atoms with Crippen LogP contribution in [-0.4, -0.2) is 60.2 Å². The predicted octanol–water partition coefficient (Wildman–Crippen LogP) is 2.74. The van der Waals surface area contributed by atoms with Gasteiger partial charge in [0.2, 0.25) is 0 Å². The van der Waals surface area contributed by atoms with E-state index in [1.54, 1.807) is 24.3 Å². The monoisotopic (exact) mass is 478 g/mol. The first-order chi connectivity index (χ1) is 16.1. The number of H-pyrrole nitrogens is 1. The smallest absolute Gasteiger partial charge is 0.422 e. The maximum absolute atomic E-state index is 12.7. The van der Waals surface area contributed by atoms with Gasteiger partial charge in [0.1, 0.15) is 5.75 Å². The Morgan fingerprint density at radius 3 is 2.59 bits per heavy atom. The largest absolute Gasteiger partial charge is 0.484 e. The number of alkyl halides is 3. The second kappa shape index (κ2) is 9.12. The standard InChI is InChI=1S/C22H21F3N4O5/c1-13-11-28(8-9-29(13)15-3-5-16(6-4-15)33-12-22(23,24)25)20(31)19(30)26-14-2-7-17-18(10-14)34-21(32)27-17/h2-7,10,13H,8-9,11-12H2,1H3,(H,26,30)(H,27,32)/t13-/m1/s1. The van der Waals surface area contributed by atoms with Crippen molar-refractivity contribution < 1.29 is 31.9 Å². The van der Waals surface area contributed by atoms with Gasteiger partial charge in [-0.3, -0.25) is 14.6 Å². The van der Waals surface area contributed by atoms with Gasteiger partial charge in [-0.2, -0.15) is 13.2 Å². The number of nitrogens with zero attached hydrogens (tertiary/aromatic N) is 2. The molecule has 180 valence electrons. The molecule has 0 aliphatic carbocycles. The molecular weight excluding hydrogens is 457 g/mol. The van der Waals surface area contributed by atoms with Gasteiger partial charge in [-0.25, -0.2) is 4.79 Å². The van der Waals surface area contributed by atoms with Crippen LogP contribution in [0.5, 0.6) is 5.75 Å². The number of oxazole rings is 1. The molecule has 12 heteroatoms. The summed E-state index contributed by atoms with van der Waals surface area (Å²) >= 11 is 0. The highest BCUT2D eigenvalue weighted by Gasteiger charge is 2.31. The van der Waals surface area contributed by atoms with Crippen LogP contribution in [0.2, 0.25) is 0 Å². The SMILES string of the molecule is C[C@@H]1CN(C(=O)C(=O)Nc2ccc3[nH]c(=O)oc3c2)CCN1c1ccc(OCC(F)(F)F)cc1. The maximum Gasteiger partial charge on any atom is 0.422 e. The third-order valence-corrected chi connectivity index (χ3v) is 5.36. The number of carbonyl (C=O) groups excluding carboxylic acids is 2. The minimum atomic E-state index is -4.41. The van der Waals surface area contributed by atoms with Crippen LogP contribution in [0.25, 0.3) is 11.1 Å². The normalized spacial score (nSPS) is 16.5. The van der Waals surface area contributed by atoms with Crippen LogP contribution in [0.3, 0.4) is 0 Å². The molecule has 1 aliphatic rings. The highest BCUT2D eigenvalue weighted by molar-refractivity contribution is 6.39. The molecule has 2 N–H and O–H groups in total. The molecule has 0 spiro atoms. The summed E-state index contributed by atoms with van der Waals surface area (Å²) in [6.45, 7) is 1.52. The van der Waals surface area contributed by atoms with E-state index in [0.29, 0.717) is 17.7 Å². The number of carbonyl (C=O) groups is 2. The molecule has 9 nitrogen and oxygen atoms in total. The van der Waals surface area contributed by atoms with E-state index in [2.05, 4.69) is 10.3 Å². The number of aromatic amines is 1. The first-order valence-electron chi connectivity index (χ1n) is 10.4. The van der Waals surface area contributed by atoms with E-state index in [9.17, 15) is 27.6 Å². The van der Waals surface area contributed by atoms with Crippen LogP contribution in [0.15, 0.2) is 51.7 Å². The number of fused-ring (bicyclic) bond motifs is 1. The van der Waals surface area contributed by atoms with Crippen molar-refractivity contribution in [3.05, 3.63) is 53.0 Å². The number of nitrogens with one attached hydrogen (secondary N) is 2. The Labute approximate surface area is 191 Å². The predicted molar refractivity (Wildman–Crippen MR) is 117 cm³/mol. The fourth-order valence-electron chi connectivity index (χ4n) is 3.78. The second-order valence-corrected chi connectivity index (χ2v) is 7.87. The van der Waals surface area contributed by atoms with Gasteiger partial charge in [-0.05, 0) is 43.3 Å². The van der Waals surface area contributed by atoms with E-state index >= 15 is 0 Å². The minimum Gasteiger partial charge on any atom is -0.484 e. The van der Waals surface area contributed by atoms with E-state index in [-0.39, 0.29) is 30.5 Å². The Morgan fingerprint density at radius 2 is 1.91 bits per heavy atom. The van der Waals surface area contributed by atoms with Crippen molar-refractivity contribution in [1.82, 2.24) is 9.88 Å². The number of rotatable bonds is 4. The molecule has 1 saturated heterocycles. The number of amides is 2. The molecular formula is C22H21F3N4O5. The number of piperazine rings is 1. The van der Waals surface area contributed by atoms with Crippen molar-refractivity contribution in [3.63, 3.8) is 0 Å². The molecule has 1 atom stereocenters. The van der Waals surface area contributed by atoms with Crippen LogP contribution in [0.4, 0.5) is 24.5 Å². The van der Waals surface area contributed by atoms with Gasteiger partial charge in [0.15, 0.2) is 12.2 Å². The zero-order valence-corrected chi connectivity index (χ0v) is 18.0. The van der Waals surface area contributed by atoms with Gasteiger partial charge in [0.05, 0.1) is 5.52 Å². The van der Waals surface area contributed by atoms with Gasteiger partial charge < -0.3 is 24.3 Å². The van der Waals surface area contributed by atoms with Crippen LogP contribution >= 0.6 is 0 Å². The zero-order chi connectivity index (χ0) is 24.5. The third kappa shape index (κ3) is 5.33. The van der Waals surface area contributed by atoms with Crippen molar-refractivity contribution >= 4 is 34.3 Å². The Balaban J connectivity index is 1.34. The highest BCUT2D eigenvalue weighted by atomic mass is 19.4. The maximum atomic E-state index is 12.7. The number of halogens is 3. The van der Waals surface area contributed by atoms with Crippen molar-refractivity contribution in [2.75, 3.05) is 36.5 Å². The minimum absolute atomic E-state index is 0.108. The summed E-state index contributed by atoms with van der Waals surface area (Å²) in [6.07, 6.45) is -4.41. The fraction of sp³-hybridized carbons (Fsp3) is 0.318. The summed E-state index contributed by atoms with van der Waals surface area (Å²) in [5.41, 5.74) is 1.81. The lowest BCUT2D eigenvalue weighted by molar-refractivity contribution is -0.153. The quantitative estimate of drug-likeness (QED) is 0.559. The van der Waals surface area contributed by atoms with Crippen LogP contribution in [-0.2, 0) is 9.59 Å². The summed E-state index contributed by atoms with van der Waals surface area (Å²) < 4.78 is 46.6. The average Bonchev–Trinajstić information content (AvgIpc) is 3.16. The van der Waals surface area contributed by atoms with E-state index in [0.717, 1.165) is 5.69 Å². The van der Waals surface area contributed by atoms with Crippen molar-refractivity contribution in [2.24, 2.45) is 0 Å². The van der Waals surface area contributed by atoms with Crippen molar-refractivity contribution in [1.29, 1.82) is 0 Å². The van der Waals surface area contributed by atoms with Crippen LogP contribution in [0.1, 0.15) is 6.92 Å². The molecule has 1 aliphatic heterocycles. The van der Waals surface area contributed by atoms with E-state index in [4.69, 9.17) is 9.15 Å². The molecule has 0 bridgehead atoms. The molecule has 0 saturated carbocycles. The molecule has 0 radical (unpaired) electrons. The van der Waals surface area contributed by atoms with Gasteiger partial charge in [0, 0.05) is 43.1 Å². The first-order valence-corrected chi connectivity index (χ1v) is 10.4. The summed E-state index contributed by atoms with van der Waals surface area (Å²) in [5.74, 6) is -2.02. The fourth-order valence-corrected chi connectivity index (χ4v) is 3.78. The van der Waals surface area contributed by atoms with Gasteiger partial charge in [-0.1, -0.05) is 0 Å². The molecule has 4 rings (SSSR count). The molecule has 1 aromatic heterocycles. The number of benzene rings is 2. The van der Waals surface area contributed by atoms with Gasteiger partial charge in [0.25, 0.3) is 0 Å². The number of aromatic nitrogens is 1. The zero-order valence-electron chi connectivity index (χ0n) is 18.0. The lowest BCUT2D eigenvalue weighted by Gasteiger charge is -2.41. The lowest BCUT2D eigenvalue weighted by atomic mass is 10.1. The van der Waals surface area contributed by atoms with E-state index in [1.165, 1.54) is 23.1 Å². The summed E-state index contributed by atoms with van der Waals surface area (Å²) in [6, 6.07) is 10.6. The third-order valence-electron chi connectivity index (χ3n) is 5.36. The molecule has 2 aromatic carbocycles. The molecule has 3 aromatic rings. The highest BCUT2D eigenvalue weighted by Crippen LogP contribution is 2.25. The van der Waals surface area contributed by atoms with Gasteiger partial charge >= 0.3 is 23.7 Å². The Bertz CT molecular complexity index is 1250. The van der Waals surface area contributed by atoms with Gasteiger partial charge in [-0.15, -0.1) is 0 Å². The Morgan fingerprint density at radius 1 is 1.18 bits per heavy atom. The number of anilines is 2. The molecule has 1 fully saturated rings. The number of hydrogen-bond donors (Lipinski definition) is 2. The van der Waals surface area contributed by atoms with Crippen molar-refractivity contribution in [3.8, 4) is 5.75 Å². The van der Waals surface area contributed by atoms with E-state index in [1.807, 2.05) is 11.8 Å². The topological polar surface area (TPSA) is 108 Å². The van der Waals surface area contributed by atoms with E-state index < -0.39 is 30.4 Å². The molecule has 0 unspecified atom stereocenters. The van der Waals surface area contributed by atoms with Crippen LogP contribution in [0, 0.1) is 0 Å². The molecule has 2 heterocycles. The first kappa shape index (κ1) is 23.2. The second-order valence-electron chi connectivity index (χ2n) is 7.87. The molecule has 34 heavy (non-hydrogen) atoms. The number of hydrogen-bond acceptors (Lipinski definition) is 6. The Kier molecular flexibility index (Phi) is 6.22. The lowest BCUT2D eigenvalue weighted by Crippen LogP contribution is -2.55. The summed E-state index contributed by atoms with van der Waals surface area (Å²) in [7, 11) is 0. The molecule has 2 amide bonds. The summed E-state index contributed by atoms with van der Waals surface area (Å²) in [5, 5.41) is 2.51. The van der Waals surface area contributed by atoms with Crippen LogP contribution < -0.4 is 20.7 Å². The average molecular weight is 478 g/mol. The summed E-state index contributed by atoms with van der Waals surface area (Å²) in [4.78, 5) is 42.3. The number of ether oxygens (including phenoxy) is 1.